The Kier molecular flexibility index (Phi) is 15.6. The number of Topliss-reactive ketones (excluding diaryl/α,β-unsaturated/α-hetero) is 1. The first-order chi connectivity index (χ1) is 28.2. The van der Waals surface area contributed by atoms with Crippen molar-refractivity contribution in [3.05, 3.63) is 41.9 Å². The number of hydrogen-bond acceptors (Lipinski definition) is 15. The molecule has 17 nitrogen and oxygen atoms in total. The van der Waals surface area contributed by atoms with E-state index in [9.17, 15) is 24.6 Å². The minimum Gasteiger partial charge on any atom is -0.459 e. The van der Waals surface area contributed by atoms with Crippen LogP contribution in [0.5, 0.6) is 0 Å². The molecule has 332 valence electrons. The smallest absolute Gasteiger partial charge is 0.316 e. The van der Waals surface area contributed by atoms with E-state index < -0.39 is 77.3 Å². The Morgan fingerprint density at radius 3 is 2.47 bits per heavy atom. The lowest BCUT2D eigenvalue weighted by Gasteiger charge is -2.47. The minimum absolute atomic E-state index is 0.0259. The van der Waals surface area contributed by atoms with Gasteiger partial charge in [0.2, 0.25) is 5.91 Å². The fourth-order valence-corrected chi connectivity index (χ4v) is 8.39. The fourth-order valence-electron chi connectivity index (χ4n) is 8.39. The number of oxime groups is 1. The second kappa shape index (κ2) is 19.8. The number of ether oxygens (including phenoxy) is 5. The highest BCUT2D eigenvalue weighted by molar-refractivity contribution is 6.00. The van der Waals surface area contributed by atoms with E-state index in [1.165, 1.54) is 20.8 Å². The van der Waals surface area contributed by atoms with E-state index in [0.717, 1.165) is 11.1 Å². The molecule has 12 atom stereocenters. The van der Waals surface area contributed by atoms with Crippen LogP contribution >= 0.6 is 0 Å². The molecule has 3 fully saturated rings. The van der Waals surface area contributed by atoms with E-state index in [4.69, 9.17) is 28.5 Å². The molecule has 5 rings (SSSR count). The molecule has 0 unspecified atom stereocenters. The van der Waals surface area contributed by atoms with Gasteiger partial charge >= 0.3 is 5.97 Å². The van der Waals surface area contributed by atoms with Crippen molar-refractivity contribution in [3.63, 3.8) is 0 Å². The molecule has 2 bridgehead atoms. The quantitative estimate of drug-likeness (QED) is 0.221. The maximum Gasteiger partial charge on any atom is 0.316 e. The predicted molar refractivity (Wildman–Crippen MR) is 220 cm³/mol. The van der Waals surface area contributed by atoms with Gasteiger partial charge in [-0.15, -0.1) is 0 Å². The van der Waals surface area contributed by atoms with Gasteiger partial charge in [-0.1, -0.05) is 32.0 Å². The van der Waals surface area contributed by atoms with E-state index >= 15 is 0 Å². The van der Waals surface area contributed by atoms with Gasteiger partial charge in [-0.2, -0.15) is 5.10 Å². The topological polar surface area (TPSA) is 206 Å². The van der Waals surface area contributed by atoms with Crippen LogP contribution in [-0.4, -0.2) is 140 Å². The molecule has 2 N–H and O–H groups in total. The highest BCUT2D eigenvalue weighted by Crippen LogP contribution is 2.39. The number of ketones is 1. The van der Waals surface area contributed by atoms with Crippen molar-refractivity contribution in [1.82, 2.24) is 19.7 Å². The number of amides is 1. The third kappa shape index (κ3) is 11.1. The number of nitrogens with zero attached hydrogens (tertiary/aromatic N) is 6. The number of aromatic nitrogens is 3. The molecular formula is C43H64N6O11. The van der Waals surface area contributed by atoms with Crippen molar-refractivity contribution in [1.29, 1.82) is 0 Å². The lowest BCUT2D eigenvalue weighted by atomic mass is 9.76. The first-order valence-corrected chi connectivity index (χ1v) is 20.8. The average molecular weight is 841 g/mol. The largest absolute Gasteiger partial charge is 0.459 e. The molecule has 0 spiro atoms. The van der Waals surface area contributed by atoms with Crippen LogP contribution in [0.15, 0.2) is 40.9 Å². The standard InChI is InChI=1S/C43H64N6O11/c1-12-34-43(9,54)35-16-32(46-29(7)50)25(3)17-42(8,56-23-31(22-55-35)47-57-21-30-13-14-36(44-19-30)49-20-24(2)18-45-49)39(27(5)37(51)28(6)40(53)59-34)60-41-38(52)33(48(10)11)15-26(4)58-41/h13-14,18-20,25-28,33-35,38-39,41,52,54H,12,15-17,21-23H2,1-11H3/b46-32?,47-31-/t25-,26-,27+,28-,33+,34-,35-,38-,39-,41+,42-,43-/m1/s1. The number of aryl methyl sites for hydroxylation is 1. The van der Waals surface area contributed by atoms with Gasteiger partial charge in [0.1, 0.15) is 36.0 Å². The van der Waals surface area contributed by atoms with E-state index in [2.05, 4.69) is 20.2 Å². The summed E-state index contributed by atoms with van der Waals surface area (Å²) in [4.78, 5) is 57.7. The zero-order valence-electron chi connectivity index (χ0n) is 36.9. The molecule has 3 aliphatic heterocycles. The van der Waals surface area contributed by atoms with Crippen molar-refractivity contribution < 1.29 is 53.1 Å². The first kappa shape index (κ1) is 47.1. The summed E-state index contributed by atoms with van der Waals surface area (Å²) in [6.07, 6.45) is 0.194. The molecule has 2 aromatic heterocycles. The van der Waals surface area contributed by atoms with Gasteiger partial charge in [0.05, 0.1) is 43.3 Å². The summed E-state index contributed by atoms with van der Waals surface area (Å²) in [5.41, 5.74) is -0.795. The Bertz CT molecular complexity index is 1860. The van der Waals surface area contributed by atoms with Crippen LogP contribution in [0.3, 0.4) is 0 Å². The van der Waals surface area contributed by atoms with Crippen LogP contribution in [0.4, 0.5) is 0 Å². The molecule has 2 aromatic rings. The summed E-state index contributed by atoms with van der Waals surface area (Å²) in [6, 6.07) is 3.35. The van der Waals surface area contributed by atoms with Crippen molar-refractivity contribution in [2.24, 2.45) is 27.9 Å². The Morgan fingerprint density at radius 1 is 1.12 bits per heavy atom. The number of aliphatic imine (C=N–C) groups is 1. The highest BCUT2D eigenvalue weighted by Gasteiger charge is 2.51. The maximum atomic E-state index is 14.5. The van der Waals surface area contributed by atoms with Crippen molar-refractivity contribution >= 4 is 29.1 Å². The van der Waals surface area contributed by atoms with Crippen LogP contribution in [0.1, 0.15) is 92.2 Å². The molecule has 3 aliphatic rings. The Labute approximate surface area is 352 Å². The van der Waals surface area contributed by atoms with Crippen molar-refractivity contribution in [2.75, 3.05) is 27.3 Å². The third-order valence-corrected chi connectivity index (χ3v) is 12.0. The van der Waals surface area contributed by atoms with Crippen molar-refractivity contribution in [2.45, 2.75) is 149 Å². The molecule has 0 aliphatic carbocycles. The zero-order valence-corrected chi connectivity index (χ0v) is 36.9. The van der Waals surface area contributed by atoms with Gasteiger partial charge in [0.25, 0.3) is 0 Å². The monoisotopic (exact) mass is 840 g/mol. The molecule has 60 heavy (non-hydrogen) atoms. The molecule has 17 heteroatoms. The number of fused-ring (bicyclic) bond motifs is 5. The van der Waals surface area contributed by atoms with Gasteiger partial charge in [-0.05, 0) is 85.5 Å². The predicted octanol–water partition coefficient (Wildman–Crippen LogP) is 3.77. The zero-order chi connectivity index (χ0) is 44.1. The van der Waals surface area contributed by atoms with Gasteiger partial charge < -0.3 is 43.6 Å². The molecular weight excluding hydrogens is 777 g/mol. The maximum absolute atomic E-state index is 14.5. The second-order valence-electron chi connectivity index (χ2n) is 17.4. The first-order valence-electron chi connectivity index (χ1n) is 20.8. The van der Waals surface area contributed by atoms with Gasteiger partial charge in [-0.3, -0.25) is 14.4 Å². The normalized spacial score (nSPS) is 36.4. The summed E-state index contributed by atoms with van der Waals surface area (Å²) in [5.74, 6) is -3.94. The number of carbonyl (C=O) groups is 3. The van der Waals surface area contributed by atoms with Crippen LogP contribution in [0.2, 0.25) is 0 Å². The number of rotatable bonds is 8. The van der Waals surface area contributed by atoms with Crippen LogP contribution in [0.25, 0.3) is 5.82 Å². The Hall–Kier alpha value is -3.97. The van der Waals surface area contributed by atoms with E-state index in [-0.39, 0.29) is 51.2 Å². The lowest BCUT2D eigenvalue weighted by Crippen LogP contribution is -2.59. The van der Waals surface area contributed by atoms with E-state index in [1.54, 1.807) is 37.8 Å². The summed E-state index contributed by atoms with van der Waals surface area (Å²) in [6.45, 7) is 14.9. The van der Waals surface area contributed by atoms with Crippen LogP contribution in [-0.2, 0) is 49.5 Å². The number of pyridine rings is 1. The number of aliphatic hydroxyl groups is 2. The van der Waals surface area contributed by atoms with E-state index in [0.29, 0.717) is 23.7 Å². The summed E-state index contributed by atoms with van der Waals surface area (Å²) >= 11 is 0. The average Bonchev–Trinajstić information content (AvgIpc) is 3.63. The number of likely N-dealkylation sites (N-methyl/N-ethyl adjacent to an activating group) is 1. The van der Waals surface area contributed by atoms with Gasteiger partial charge in [0, 0.05) is 49.0 Å². The van der Waals surface area contributed by atoms with Crippen LogP contribution < -0.4 is 0 Å². The Balaban J connectivity index is 1.60. The summed E-state index contributed by atoms with van der Waals surface area (Å²) < 4.78 is 33.9. The third-order valence-electron chi connectivity index (χ3n) is 12.0. The fraction of sp³-hybridized carbons (Fsp3) is 0.698. The Morgan fingerprint density at radius 2 is 1.85 bits per heavy atom. The van der Waals surface area contributed by atoms with Gasteiger partial charge in [0.15, 0.2) is 17.9 Å². The lowest BCUT2D eigenvalue weighted by molar-refractivity contribution is -0.296. The molecule has 5 heterocycles. The summed E-state index contributed by atoms with van der Waals surface area (Å²) in [7, 11) is 3.73. The minimum atomic E-state index is -1.83. The highest BCUT2D eigenvalue weighted by atomic mass is 16.7. The van der Waals surface area contributed by atoms with E-state index in [1.807, 2.05) is 58.1 Å². The number of carbonyl (C=O) groups excluding carboxylic acids is 3. The SMILES string of the molecule is CC[C@H]1OC(=O)[C@H](C)C(=O)[C@H](C)[C@@H](O[C@@H]2O[C@H](C)C[C@H](N(C)C)[C@H]2O)[C@@]2(C)C[C@@H](C)C(=NC(C)=O)C[C@@H](OC/C(=N/OCc3ccc(-n4cc(C)cn4)nc3)CO2)[C@]1(C)O. The second-order valence-corrected chi connectivity index (χ2v) is 17.4. The number of aliphatic hydroxyl groups excluding tert-OH is 1. The number of hydrogen-bond donors (Lipinski definition) is 2. The molecule has 0 saturated carbocycles. The molecule has 3 saturated heterocycles. The van der Waals surface area contributed by atoms with Crippen LogP contribution in [0, 0.1) is 24.7 Å². The molecule has 0 aromatic carbocycles. The van der Waals surface area contributed by atoms with Crippen molar-refractivity contribution in [3.8, 4) is 5.82 Å². The molecule has 0 radical (unpaired) electrons. The number of cyclic esters (lactones) is 1. The molecule has 1 amide bonds. The van der Waals surface area contributed by atoms with Gasteiger partial charge in [-0.25, -0.2) is 14.7 Å². The summed E-state index contributed by atoms with van der Waals surface area (Å²) in [5, 5.41) is 32.7. The number of esters is 1.